The predicted octanol–water partition coefficient (Wildman–Crippen LogP) is 3.68. The van der Waals surface area contributed by atoms with Crippen LogP contribution >= 0.6 is 0 Å². The summed E-state index contributed by atoms with van der Waals surface area (Å²) in [5.74, 6) is 2.97. The first-order valence-electron chi connectivity index (χ1n) is 10.1. The topological polar surface area (TPSA) is 80.9 Å². The Labute approximate surface area is 176 Å². The number of ether oxygens (including phenoxy) is 2. The minimum atomic E-state index is 0.278. The molecule has 30 heavy (non-hydrogen) atoms. The van der Waals surface area contributed by atoms with Crippen molar-refractivity contribution in [1.29, 1.82) is 0 Å². The number of aliphatic imine (C=N–C) groups is 1. The molecule has 2 aromatic carbocycles. The third-order valence-electron chi connectivity index (χ3n) is 4.72. The number of benzene rings is 2. The maximum Gasteiger partial charge on any atom is 0.231 e. The number of aromatic nitrogens is 1. The third-order valence-corrected chi connectivity index (χ3v) is 4.72. The first-order chi connectivity index (χ1) is 14.7. The van der Waals surface area contributed by atoms with Gasteiger partial charge < -0.3 is 24.5 Å². The van der Waals surface area contributed by atoms with Crippen molar-refractivity contribution in [2.24, 2.45) is 4.99 Å². The van der Waals surface area contributed by atoms with Gasteiger partial charge in [0.15, 0.2) is 17.5 Å². The summed E-state index contributed by atoms with van der Waals surface area (Å²) in [6.45, 7) is 6.42. The summed E-state index contributed by atoms with van der Waals surface area (Å²) in [5, 5.41) is 6.62. The molecule has 1 aliphatic heterocycles. The van der Waals surface area contributed by atoms with Crippen molar-refractivity contribution in [2.75, 3.05) is 19.9 Å². The van der Waals surface area contributed by atoms with Gasteiger partial charge in [-0.1, -0.05) is 23.8 Å². The molecule has 0 spiro atoms. The Morgan fingerprint density at radius 2 is 1.90 bits per heavy atom. The second-order valence-corrected chi connectivity index (χ2v) is 7.07. The maximum absolute atomic E-state index is 5.63. The highest BCUT2D eigenvalue weighted by Gasteiger charge is 2.13. The van der Waals surface area contributed by atoms with E-state index < -0.39 is 0 Å². The summed E-state index contributed by atoms with van der Waals surface area (Å²) in [7, 11) is 0. The molecular weight excluding hydrogens is 380 g/mol. The molecule has 1 aromatic heterocycles. The fraction of sp³-hybridized carbons (Fsp3) is 0.304. The maximum atomic E-state index is 5.63. The first-order valence-corrected chi connectivity index (χ1v) is 10.1. The third kappa shape index (κ3) is 4.92. The smallest absolute Gasteiger partial charge is 0.231 e. The van der Waals surface area contributed by atoms with E-state index in [0.717, 1.165) is 47.2 Å². The molecule has 0 fully saturated rings. The van der Waals surface area contributed by atoms with Gasteiger partial charge in [-0.2, -0.15) is 0 Å². The zero-order valence-corrected chi connectivity index (χ0v) is 17.3. The van der Waals surface area contributed by atoms with Crippen LogP contribution in [0.5, 0.6) is 11.5 Å². The van der Waals surface area contributed by atoms with E-state index in [1.54, 1.807) is 6.26 Å². The molecule has 0 atom stereocenters. The highest BCUT2D eigenvalue weighted by Crippen LogP contribution is 2.32. The Morgan fingerprint density at radius 3 is 2.73 bits per heavy atom. The number of rotatable bonds is 7. The number of aryl methyl sites for hydroxylation is 1. The number of guanidine groups is 1. The second kappa shape index (κ2) is 9.35. The lowest BCUT2D eigenvalue weighted by Crippen LogP contribution is -2.38. The van der Waals surface area contributed by atoms with E-state index in [2.05, 4.69) is 39.7 Å². The van der Waals surface area contributed by atoms with Crippen LogP contribution in [-0.4, -0.2) is 30.8 Å². The van der Waals surface area contributed by atoms with E-state index in [-0.39, 0.29) is 6.79 Å². The van der Waals surface area contributed by atoms with Crippen molar-refractivity contribution >= 4 is 5.96 Å². The summed E-state index contributed by atoms with van der Waals surface area (Å²) in [4.78, 5) is 9.24. The molecule has 0 unspecified atom stereocenters. The highest BCUT2D eigenvalue weighted by atomic mass is 16.7. The van der Waals surface area contributed by atoms with Crippen LogP contribution in [0.2, 0.25) is 0 Å². The molecule has 2 heterocycles. The van der Waals surface area contributed by atoms with Gasteiger partial charge >= 0.3 is 0 Å². The van der Waals surface area contributed by atoms with Crippen LogP contribution in [0.25, 0.3) is 11.5 Å². The van der Waals surface area contributed by atoms with Gasteiger partial charge in [-0.15, -0.1) is 0 Å². The predicted molar refractivity (Wildman–Crippen MR) is 116 cm³/mol. The average molecular weight is 406 g/mol. The molecule has 3 aromatic rings. The molecule has 0 saturated carbocycles. The molecule has 0 aliphatic carbocycles. The van der Waals surface area contributed by atoms with Crippen LogP contribution in [0.15, 0.2) is 58.1 Å². The van der Waals surface area contributed by atoms with E-state index in [1.807, 2.05) is 37.3 Å². The number of hydrogen-bond acceptors (Lipinski definition) is 5. The largest absolute Gasteiger partial charge is 0.454 e. The van der Waals surface area contributed by atoms with Gasteiger partial charge in [0.2, 0.25) is 12.7 Å². The van der Waals surface area contributed by atoms with Crippen molar-refractivity contribution in [3.63, 3.8) is 0 Å². The van der Waals surface area contributed by atoms with Gasteiger partial charge in [0.25, 0.3) is 0 Å². The Balaban J connectivity index is 1.32. The van der Waals surface area contributed by atoms with E-state index in [9.17, 15) is 0 Å². The molecule has 156 valence electrons. The molecule has 7 heteroatoms. The first kappa shape index (κ1) is 19.8. The second-order valence-electron chi connectivity index (χ2n) is 7.07. The number of hydrogen-bond donors (Lipinski definition) is 2. The van der Waals surface area contributed by atoms with Gasteiger partial charge in [0.1, 0.15) is 6.26 Å². The molecular formula is C23H26N4O3. The molecule has 0 radical (unpaired) electrons. The standard InChI is InChI=1S/C23H26N4O3/c1-3-24-23(26-13-17-6-9-20-21(12-17)30-15-29-20)25-11-10-19-14-28-22(27-19)18-7-4-16(2)5-8-18/h4-9,12,14H,3,10-11,13,15H2,1-2H3,(H2,24,25,26). The lowest BCUT2D eigenvalue weighted by atomic mass is 10.1. The molecule has 2 N–H and O–H groups in total. The fourth-order valence-corrected chi connectivity index (χ4v) is 3.11. The van der Waals surface area contributed by atoms with Crippen molar-refractivity contribution in [2.45, 2.75) is 26.8 Å². The SMILES string of the molecule is CCNC(=NCc1ccc2c(c1)OCO2)NCCc1coc(-c2ccc(C)cc2)n1. The Kier molecular flexibility index (Phi) is 6.17. The average Bonchev–Trinajstić information content (AvgIpc) is 3.41. The zero-order valence-electron chi connectivity index (χ0n) is 17.3. The number of oxazole rings is 1. The van der Waals surface area contributed by atoms with E-state index >= 15 is 0 Å². The van der Waals surface area contributed by atoms with Crippen LogP contribution in [0.3, 0.4) is 0 Å². The van der Waals surface area contributed by atoms with Gasteiger partial charge in [0.05, 0.1) is 12.2 Å². The minimum Gasteiger partial charge on any atom is -0.454 e. The number of nitrogens with zero attached hydrogens (tertiary/aromatic N) is 2. The molecule has 4 rings (SSSR count). The van der Waals surface area contributed by atoms with Crippen molar-refractivity contribution in [1.82, 2.24) is 15.6 Å². The van der Waals surface area contributed by atoms with Crippen molar-refractivity contribution in [3.05, 3.63) is 65.5 Å². The van der Waals surface area contributed by atoms with Gasteiger partial charge in [-0.05, 0) is 43.7 Å². The minimum absolute atomic E-state index is 0.278. The summed E-state index contributed by atoms with van der Waals surface area (Å²) < 4.78 is 16.4. The van der Waals surface area contributed by atoms with E-state index in [4.69, 9.17) is 13.9 Å². The van der Waals surface area contributed by atoms with Crippen LogP contribution < -0.4 is 20.1 Å². The van der Waals surface area contributed by atoms with Crippen LogP contribution in [0.1, 0.15) is 23.7 Å². The molecule has 7 nitrogen and oxygen atoms in total. The summed E-state index contributed by atoms with van der Waals surface area (Å²) in [6.07, 6.45) is 2.46. The summed E-state index contributed by atoms with van der Waals surface area (Å²) in [6, 6.07) is 14.0. The zero-order chi connectivity index (χ0) is 20.8. The molecule has 0 amide bonds. The van der Waals surface area contributed by atoms with Crippen molar-refractivity contribution < 1.29 is 13.9 Å². The van der Waals surface area contributed by atoms with Crippen molar-refractivity contribution in [3.8, 4) is 23.0 Å². The van der Waals surface area contributed by atoms with Crippen LogP contribution in [0.4, 0.5) is 0 Å². The molecule has 1 aliphatic rings. The Bertz CT molecular complexity index is 1010. The van der Waals surface area contributed by atoms with E-state index in [1.165, 1.54) is 5.56 Å². The normalized spacial score (nSPS) is 12.8. The number of nitrogens with one attached hydrogen (secondary N) is 2. The number of fused-ring (bicyclic) bond motifs is 1. The lowest BCUT2D eigenvalue weighted by molar-refractivity contribution is 0.174. The van der Waals surface area contributed by atoms with Gasteiger partial charge in [0, 0.05) is 25.1 Å². The quantitative estimate of drug-likeness (QED) is 0.460. The Hall–Kier alpha value is -3.48. The fourth-order valence-electron chi connectivity index (χ4n) is 3.11. The highest BCUT2D eigenvalue weighted by molar-refractivity contribution is 5.79. The molecule has 0 bridgehead atoms. The molecule has 0 saturated heterocycles. The lowest BCUT2D eigenvalue weighted by Gasteiger charge is -2.10. The monoisotopic (exact) mass is 406 g/mol. The van der Waals surface area contributed by atoms with Crippen LogP contribution in [0, 0.1) is 6.92 Å². The van der Waals surface area contributed by atoms with E-state index in [0.29, 0.717) is 19.0 Å². The van der Waals surface area contributed by atoms with Gasteiger partial charge in [-0.3, -0.25) is 0 Å². The van der Waals surface area contributed by atoms with Gasteiger partial charge in [-0.25, -0.2) is 9.98 Å². The summed E-state index contributed by atoms with van der Waals surface area (Å²) >= 11 is 0. The van der Waals surface area contributed by atoms with Crippen LogP contribution in [-0.2, 0) is 13.0 Å². The summed E-state index contributed by atoms with van der Waals surface area (Å²) in [5.41, 5.74) is 4.17. The Morgan fingerprint density at radius 1 is 1.07 bits per heavy atom.